The smallest absolute Gasteiger partial charge is 0.275 e. The number of para-hydroxylation sites is 2. The number of phenolic OH excluding ortho intramolecular Hbond substituents is 3. The van der Waals surface area contributed by atoms with E-state index in [1.54, 1.807) is 48.5 Å². The number of hydrogen-bond acceptors (Lipinski definition) is 6. The normalized spacial score (nSPS) is 11.1. The lowest BCUT2D eigenvalue weighted by molar-refractivity contribution is 0.0952. The SMILES string of the molecule is O=C(N/N=C/c1ccccc1O)c1ccc(N=Cc2ccccc2O)cc1O. The zero-order chi connectivity index (χ0) is 19.9. The van der Waals surface area contributed by atoms with Crippen LogP contribution in [0.3, 0.4) is 0 Å². The number of hydrogen-bond donors (Lipinski definition) is 4. The molecule has 28 heavy (non-hydrogen) atoms. The van der Waals surface area contributed by atoms with Crippen LogP contribution in [-0.4, -0.2) is 33.7 Å². The Balaban J connectivity index is 1.69. The molecule has 1 amide bonds. The van der Waals surface area contributed by atoms with Crippen LogP contribution in [0.5, 0.6) is 17.2 Å². The van der Waals surface area contributed by atoms with Gasteiger partial charge in [-0.1, -0.05) is 24.3 Å². The molecule has 3 aromatic carbocycles. The van der Waals surface area contributed by atoms with Crippen molar-refractivity contribution in [1.82, 2.24) is 5.43 Å². The highest BCUT2D eigenvalue weighted by Gasteiger charge is 2.11. The predicted molar refractivity (Wildman–Crippen MR) is 107 cm³/mol. The number of rotatable bonds is 5. The number of hydrazone groups is 1. The molecular formula is C21H17N3O4. The molecule has 0 heterocycles. The van der Waals surface area contributed by atoms with Gasteiger partial charge in [-0.2, -0.15) is 5.10 Å². The van der Waals surface area contributed by atoms with E-state index in [0.29, 0.717) is 16.8 Å². The van der Waals surface area contributed by atoms with E-state index in [4.69, 9.17) is 0 Å². The molecule has 0 saturated carbocycles. The first-order valence-corrected chi connectivity index (χ1v) is 8.31. The third-order valence-corrected chi connectivity index (χ3v) is 3.82. The summed E-state index contributed by atoms with van der Waals surface area (Å²) in [5.74, 6) is -0.744. The summed E-state index contributed by atoms with van der Waals surface area (Å²) in [6.07, 6.45) is 2.76. The topological polar surface area (TPSA) is 115 Å². The van der Waals surface area contributed by atoms with Gasteiger partial charge in [0.15, 0.2) is 0 Å². The molecule has 0 aromatic heterocycles. The molecule has 0 saturated heterocycles. The van der Waals surface area contributed by atoms with Gasteiger partial charge in [-0.15, -0.1) is 0 Å². The van der Waals surface area contributed by atoms with Gasteiger partial charge in [-0.3, -0.25) is 9.79 Å². The van der Waals surface area contributed by atoms with Gasteiger partial charge in [0.2, 0.25) is 0 Å². The third kappa shape index (κ3) is 4.53. The number of carbonyl (C=O) groups excluding carboxylic acids is 1. The zero-order valence-corrected chi connectivity index (χ0v) is 14.6. The second-order valence-electron chi connectivity index (χ2n) is 5.78. The highest BCUT2D eigenvalue weighted by atomic mass is 16.3. The van der Waals surface area contributed by atoms with Crippen LogP contribution in [0.15, 0.2) is 76.8 Å². The van der Waals surface area contributed by atoms with Crippen LogP contribution in [0.1, 0.15) is 21.5 Å². The minimum absolute atomic E-state index is 0.0240. The van der Waals surface area contributed by atoms with Crippen molar-refractivity contribution in [2.45, 2.75) is 0 Å². The van der Waals surface area contributed by atoms with E-state index in [9.17, 15) is 20.1 Å². The molecule has 4 N–H and O–H groups in total. The molecule has 7 nitrogen and oxygen atoms in total. The first kappa shape index (κ1) is 18.7. The second-order valence-corrected chi connectivity index (χ2v) is 5.78. The summed E-state index contributed by atoms with van der Waals surface area (Å²) in [4.78, 5) is 16.3. The molecule has 0 aliphatic rings. The number of nitrogens with one attached hydrogen (secondary N) is 1. The maximum Gasteiger partial charge on any atom is 0.275 e. The first-order valence-electron chi connectivity index (χ1n) is 8.31. The largest absolute Gasteiger partial charge is 0.507 e. The zero-order valence-electron chi connectivity index (χ0n) is 14.6. The average molecular weight is 375 g/mol. The molecule has 140 valence electrons. The fraction of sp³-hybridized carbons (Fsp3) is 0. The van der Waals surface area contributed by atoms with Crippen LogP contribution in [0, 0.1) is 0 Å². The van der Waals surface area contributed by atoms with Gasteiger partial charge in [-0.25, -0.2) is 5.43 Å². The standard InChI is InChI=1S/C21H17N3O4/c25-18-7-3-1-5-14(18)12-22-16-9-10-17(20(27)11-16)21(28)24-23-13-15-6-2-4-8-19(15)26/h1-13,25-27H,(H,24,28)/b22-12?,23-13+. The summed E-state index contributed by atoms with van der Waals surface area (Å²) in [7, 11) is 0. The van der Waals surface area contributed by atoms with Gasteiger partial charge in [0, 0.05) is 23.4 Å². The van der Waals surface area contributed by atoms with E-state index in [1.807, 2.05) is 0 Å². The summed E-state index contributed by atoms with van der Waals surface area (Å²) in [5, 5.41) is 33.2. The van der Waals surface area contributed by atoms with Gasteiger partial charge in [0.25, 0.3) is 5.91 Å². The fourth-order valence-corrected chi connectivity index (χ4v) is 2.35. The number of amides is 1. The van der Waals surface area contributed by atoms with Crippen LogP contribution in [0.25, 0.3) is 0 Å². The molecule has 0 unspecified atom stereocenters. The van der Waals surface area contributed by atoms with Crippen LogP contribution in [-0.2, 0) is 0 Å². The van der Waals surface area contributed by atoms with Crippen molar-refractivity contribution in [2.75, 3.05) is 0 Å². The lowest BCUT2D eigenvalue weighted by Gasteiger charge is -2.04. The molecule has 3 aromatic rings. The Hall–Kier alpha value is -4.13. The molecule has 0 spiro atoms. The molecule has 0 aliphatic heterocycles. The number of nitrogens with zero attached hydrogens (tertiary/aromatic N) is 2. The van der Waals surface area contributed by atoms with Crippen molar-refractivity contribution in [1.29, 1.82) is 0 Å². The summed E-state index contributed by atoms with van der Waals surface area (Å²) >= 11 is 0. The van der Waals surface area contributed by atoms with E-state index in [0.717, 1.165) is 0 Å². The predicted octanol–water partition coefficient (Wildman–Crippen LogP) is 3.32. The highest BCUT2D eigenvalue weighted by Crippen LogP contribution is 2.24. The number of benzene rings is 3. The Bertz CT molecular complexity index is 1060. The summed E-state index contributed by atoms with van der Waals surface area (Å²) in [6.45, 7) is 0. The first-order chi connectivity index (χ1) is 13.5. The van der Waals surface area contributed by atoms with Crippen molar-refractivity contribution in [3.05, 3.63) is 83.4 Å². The Kier molecular flexibility index (Phi) is 5.66. The minimum atomic E-state index is -0.611. The van der Waals surface area contributed by atoms with Gasteiger partial charge in [0.05, 0.1) is 17.5 Å². The highest BCUT2D eigenvalue weighted by molar-refractivity contribution is 5.98. The number of carbonyl (C=O) groups is 1. The molecular weight excluding hydrogens is 358 g/mol. The Labute approximate surface area is 160 Å². The quantitative estimate of drug-likeness (QED) is 0.404. The van der Waals surface area contributed by atoms with Crippen molar-refractivity contribution >= 4 is 24.0 Å². The van der Waals surface area contributed by atoms with E-state index in [2.05, 4.69) is 15.5 Å². The summed E-state index contributed by atoms with van der Waals surface area (Å²) in [5.41, 5.74) is 3.70. The maximum absolute atomic E-state index is 12.2. The molecule has 0 fully saturated rings. The van der Waals surface area contributed by atoms with E-state index >= 15 is 0 Å². The third-order valence-electron chi connectivity index (χ3n) is 3.82. The average Bonchev–Trinajstić information content (AvgIpc) is 2.69. The monoisotopic (exact) mass is 375 g/mol. The van der Waals surface area contributed by atoms with Crippen molar-refractivity contribution in [3.63, 3.8) is 0 Å². The van der Waals surface area contributed by atoms with Crippen molar-refractivity contribution in [2.24, 2.45) is 10.1 Å². The van der Waals surface area contributed by atoms with Crippen LogP contribution in [0.2, 0.25) is 0 Å². The molecule has 3 rings (SSSR count). The Morgan fingerprint density at radius 1 is 0.786 bits per heavy atom. The van der Waals surface area contributed by atoms with Crippen LogP contribution in [0.4, 0.5) is 5.69 Å². The van der Waals surface area contributed by atoms with Gasteiger partial charge in [0.1, 0.15) is 17.2 Å². The molecule has 0 atom stereocenters. The van der Waals surface area contributed by atoms with Gasteiger partial charge >= 0.3 is 0 Å². The fourth-order valence-electron chi connectivity index (χ4n) is 2.35. The van der Waals surface area contributed by atoms with E-state index in [1.165, 1.54) is 30.6 Å². The number of aromatic hydroxyl groups is 3. The van der Waals surface area contributed by atoms with E-state index in [-0.39, 0.29) is 22.8 Å². The molecule has 0 aliphatic carbocycles. The van der Waals surface area contributed by atoms with Gasteiger partial charge in [-0.05, 0) is 36.4 Å². The summed E-state index contributed by atoms with van der Waals surface area (Å²) < 4.78 is 0. The lowest BCUT2D eigenvalue weighted by Crippen LogP contribution is -2.17. The maximum atomic E-state index is 12.2. The molecule has 0 radical (unpaired) electrons. The Morgan fingerprint density at radius 2 is 1.39 bits per heavy atom. The minimum Gasteiger partial charge on any atom is -0.507 e. The van der Waals surface area contributed by atoms with E-state index < -0.39 is 5.91 Å². The molecule has 0 bridgehead atoms. The van der Waals surface area contributed by atoms with Crippen molar-refractivity contribution in [3.8, 4) is 17.2 Å². The van der Waals surface area contributed by atoms with Crippen molar-refractivity contribution < 1.29 is 20.1 Å². The van der Waals surface area contributed by atoms with Gasteiger partial charge < -0.3 is 15.3 Å². The van der Waals surface area contributed by atoms with Crippen LogP contribution >= 0.6 is 0 Å². The number of aliphatic imine (C=N–C) groups is 1. The lowest BCUT2D eigenvalue weighted by atomic mass is 10.1. The molecule has 7 heteroatoms. The number of phenols is 3. The Morgan fingerprint density at radius 3 is 2.00 bits per heavy atom. The van der Waals surface area contributed by atoms with Crippen LogP contribution < -0.4 is 5.43 Å². The second kappa shape index (κ2) is 8.50. The summed E-state index contributed by atoms with van der Waals surface area (Å²) in [6, 6.07) is 17.5.